The highest BCUT2D eigenvalue weighted by Crippen LogP contribution is 2.26. The molecule has 0 fully saturated rings. The molecule has 0 radical (unpaired) electrons. The molecule has 14 heavy (non-hydrogen) atoms. The van der Waals surface area contributed by atoms with Crippen LogP contribution in [-0.2, 0) is 0 Å². The highest BCUT2D eigenvalue weighted by Gasteiger charge is 2.41. The Labute approximate surface area is 78.7 Å². The SMILES string of the molecule is CC(C)(CC(O)C(F)(F)F)NC(=O)O. The first-order valence-electron chi connectivity index (χ1n) is 3.80. The van der Waals surface area contributed by atoms with Crippen molar-refractivity contribution in [2.75, 3.05) is 0 Å². The summed E-state index contributed by atoms with van der Waals surface area (Å²) in [5, 5.41) is 18.8. The summed E-state index contributed by atoms with van der Waals surface area (Å²) in [6.45, 7) is 2.52. The van der Waals surface area contributed by atoms with Gasteiger partial charge in [0, 0.05) is 12.0 Å². The summed E-state index contributed by atoms with van der Waals surface area (Å²) < 4.78 is 35.7. The minimum absolute atomic E-state index is 0.719. The van der Waals surface area contributed by atoms with Crippen LogP contribution in [0.1, 0.15) is 20.3 Å². The quantitative estimate of drug-likeness (QED) is 0.665. The molecule has 3 N–H and O–H groups in total. The Balaban J connectivity index is 4.29. The van der Waals surface area contributed by atoms with Crippen molar-refractivity contribution in [2.24, 2.45) is 0 Å². The molecule has 0 aromatic heterocycles. The predicted molar refractivity (Wildman–Crippen MR) is 41.9 cm³/mol. The van der Waals surface area contributed by atoms with E-state index in [1.807, 2.05) is 5.32 Å². The molecule has 0 aromatic rings. The molecule has 0 aromatic carbocycles. The lowest BCUT2D eigenvalue weighted by Gasteiger charge is -2.28. The van der Waals surface area contributed by atoms with E-state index in [2.05, 4.69) is 0 Å². The summed E-state index contributed by atoms with van der Waals surface area (Å²) in [5.41, 5.74) is -1.32. The maximum Gasteiger partial charge on any atom is 0.414 e. The number of carbonyl (C=O) groups is 1. The van der Waals surface area contributed by atoms with Crippen molar-refractivity contribution in [3.63, 3.8) is 0 Å². The third-order valence-corrected chi connectivity index (χ3v) is 1.53. The number of carboxylic acid groups (broad SMARTS) is 1. The fourth-order valence-corrected chi connectivity index (χ4v) is 0.940. The molecular formula is C7H12F3NO3. The summed E-state index contributed by atoms with van der Waals surface area (Å²) in [5.74, 6) is 0. The van der Waals surface area contributed by atoms with E-state index in [9.17, 15) is 18.0 Å². The third kappa shape index (κ3) is 4.90. The molecular weight excluding hydrogens is 203 g/mol. The monoisotopic (exact) mass is 215 g/mol. The Hall–Kier alpha value is -0.980. The highest BCUT2D eigenvalue weighted by molar-refractivity contribution is 5.65. The van der Waals surface area contributed by atoms with E-state index in [0.29, 0.717) is 0 Å². The largest absolute Gasteiger partial charge is 0.465 e. The number of aliphatic hydroxyl groups excluding tert-OH is 1. The van der Waals surface area contributed by atoms with Gasteiger partial charge < -0.3 is 15.5 Å². The van der Waals surface area contributed by atoms with Crippen molar-refractivity contribution in [1.82, 2.24) is 5.32 Å². The van der Waals surface area contributed by atoms with Crippen LogP contribution < -0.4 is 5.32 Å². The van der Waals surface area contributed by atoms with Crippen molar-refractivity contribution >= 4 is 6.09 Å². The Morgan fingerprint density at radius 1 is 1.43 bits per heavy atom. The van der Waals surface area contributed by atoms with Gasteiger partial charge in [0.15, 0.2) is 6.10 Å². The molecule has 0 spiro atoms. The second-order valence-corrected chi connectivity index (χ2v) is 3.58. The van der Waals surface area contributed by atoms with Crippen molar-refractivity contribution in [2.45, 2.75) is 38.1 Å². The second-order valence-electron chi connectivity index (χ2n) is 3.58. The van der Waals surface area contributed by atoms with Gasteiger partial charge in [0.25, 0.3) is 0 Å². The van der Waals surface area contributed by atoms with Crippen LogP contribution in [0, 0.1) is 0 Å². The molecule has 0 saturated carbocycles. The maximum atomic E-state index is 11.9. The number of aliphatic hydroxyl groups is 1. The van der Waals surface area contributed by atoms with Gasteiger partial charge in [-0.1, -0.05) is 0 Å². The molecule has 4 nitrogen and oxygen atoms in total. The fraction of sp³-hybridized carbons (Fsp3) is 0.857. The summed E-state index contributed by atoms with van der Waals surface area (Å²) in [4.78, 5) is 10.2. The zero-order valence-electron chi connectivity index (χ0n) is 7.72. The van der Waals surface area contributed by atoms with Crippen molar-refractivity contribution < 1.29 is 28.2 Å². The summed E-state index contributed by atoms with van der Waals surface area (Å²) in [6, 6.07) is 0. The number of nitrogens with one attached hydrogen (secondary N) is 1. The van der Waals surface area contributed by atoms with E-state index >= 15 is 0 Å². The third-order valence-electron chi connectivity index (χ3n) is 1.53. The zero-order chi connectivity index (χ0) is 11.6. The van der Waals surface area contributed by atoms with Gasteiger partial charge in [-0.05, 0) is 13.8 Å². The summed E-state index contributed by atoms with van der Waals surface area (Å²) in [6.07, 6.45) is -9.39. The smallest absolute Gasteiger partial charge is 0.414 e. The minimum Gasteiger partial charge on any atom is -0.465 e. The van der Waals surface area contributed by atoms with Gasteiger partial charge in [0.2, 0.25) is 0 Å². The number of hydrogen-bond donors (Lipinski definition) is 3. The molecule has 1 atom stereocenters. The average molecular weight is 215 g/mol. The molecule has 0 heterocycles. The van der Waals surface area contributed by atoms with Gasteiger partial charge in [-0.25, -0.2) is 4.79 Å². The zero-order valence-corrected chi connectivity index (χ0v) is 7.72. The van der Waals surface area contributed by atoms with Crippen LogP contribution in [0.4, 0.5) is 18.0 Å². The number of hydrogen-bond acceptors (Lipinski definition) is 2. The van der Waals surface area contributed by atoms with Crippen LogP contribution in [0.5, 0.6) is 0 Å². The van der Waals surface area contributed by atoms with Crippen LogP contribution >= 0.6 is 0 Å². The molecule has 0 saturated heterocycles. The van der Waals surface area contributed by atoms with E-state index in [-0.39, 0.29) is 0 Å². The maximum absolute atomic E-state index is 11.9. The van der Waals surface area contributed by atoms with Gasteiger partial charge in [0.1, 0.15) is 0 Å². The van der Waals surface area contributed by atoms with Crippen LogP contribution in [0.3, 0.4) is 0 Å². The van der Waals surface area contributed by atoms with Crippen molar-refractivity contribution in [3.05, 3.63) is 0 Å². The van der Waals surface area contributed by atoms with E-state index in [1.165, 1.54) is 13.8 Å². The van der Waals surface area contributed by atoms with Gasteiger partial charge in [-0.3, -0.25) is 0 Å². The number of halogens is 3. The molecule has 0 aliphatic heterocycles. The number of rotatable bonds is 3. The van der Waals surface area contributed by atoms with Gasteiger partial charge in [0.05, 0.1) is 0 Å². The Bertz CT molecular complexity index is 215. The first-order valence-corrected chi connectivity index (χ1v) is 3.80. The van der Waals surface area contributed by atoms with Crippen molar-refractivity contribution in [1.29, 1.82) is 0 Å². The molecule has 0 rings (SSSR count). The van der Waals surface area contributed by atoms with Crippen LogP contribution in [0.25, 0.3) is 0 Å². The molecule has 84 valence electrons. The molecule has 0 aliphatic carbocycles. The number of alkyl halides is 3. The standard InChI is InChI=1S/C7H12F3NO3/c1-6(2,11-5(13)14)3-4(12)7(8,9)10/h4,11-12H,3H2,1-2H3,(H,13,14). The molecule has 0 bridgehead atoms. The lowest BCUT2D eigenvalue weighted by Crippen LogP contribution is -2.47. The summed E-state index contributed by atoms with van der Waals surface area (Å²) >= 11 is 0. The topological polar surface area (TPSA) is 69.6 Å². The minimum atomic E-state index is -4.72. The fourth-order valence-electron chi connectivity index (χ4n) is 0.940. The second kappa shape index (κ2) is 4.04. The van der Waals surface area contributed by atoms with Crippen LogP contribution in [0.15, 0.2) is 0 Å². The molecule has 1 unspecified atom stereocenters. The van der Waals surface area contributed by atoms with E-state index in [0.717, 1.165) is 0 Å². The lowest BCUT2D eigenvalue weighted by atomic mass is 9.97. The Morgan fingerprint density at radius 2 is 1.86 bits per heavy atom. The molecule has 1 amide bonds. The van der Waals surface area contributed by atoms with Crippen LogP contribution in [0.2, 0.25) is 0 Å². The molecule has 7 heteroatoms. The van der Waals surface area contributed by atoms with Gasteiger partial charge in [-0.15, -0.1) is 0 Å². The average Bonchev–Trinajstić information content (AvgIpc) is 1.79. The van der Waals surface area contributed by atoms with E-state index < -0.39 is 30.3 Å². The van der Waals surface area contributed by atoms with Gasteiger partial charge in [-0.2, -0.15) is 13.2 Å². The Morgan fingerprint density at radius 3 is 2.14 bits per heavy atom. The molecule has 0 aliphatic rings. The van der Waals surface area contributed by atoms with E-state index in [4.69, 9.17) is 10.2 Å². The highest BCUT2D eigenvalue weighted by atomic mass is 19.4. The first kappa shape index (κ1) is 13.0. The summed E-state index contributed by atoms with van der Waals surface area (Å²) in [7, 11) is 0. The normalized spacial score (nSPS) is 15.0. The first-order chi connectivity index (χ1) is 6.04. The van der Waals surface area contributed by atoms with Crippen molar-refractivity contribution in [3.8, 4) is 0 Å². The Kier molecular flexibility index (Phi) is 3.75. The van der Waals surface area contributed by atoms with Crippen LogP contribution in [-0.4, -0.2) is 34.1 Å². The van der Waals surface area contributed by atoms with E-state index in [1.54, 1.807) is 0 Å². The lowest BCUT2D eigenvalue weighted by molar-refractivity contribution is -0.209. The van der Waals surface area contributed by atoms with Gasteiger partial charge >= 0.3 is 12.3 Å². The number of amides is 1. The predicted octanol–water partition coefficient (Wildman–Crippen LogP) is 1.35.